The zero-order valence-corrected chi connectivity index (χ0v) is 10.1. The van der Waals surface area contributed by atoms with E-state index in [9.17, 15) is 5.21 Å². The minimum atomic E-state index is 0. The standard InChI is InChI=1S/C12H14N2O2.H2O/c1-8-9(2)14(15)12(13-8)10-4-6-11(16-3)7-5-10;/h4-7,15H,1-3H3;1H2. The quantitative estimate of drug-likeness (QED) is 0.804. The molecule has 92 valence electrons. The smallest absolute Gasteiger partial charge is 0.175 e. The van der Waals surface area contributed by atoms with Gasteiger partial charge in [0.25, 0.3) is 0 Å². The molecule has 0 aliphatic rings. The van der Waals surface area contributed by atoms with Crippen LogP contribution in [0.4, 0.5) is 0 Å². The fourth-order valence-electron chi connectivity index (χ4n) is 1.53. The molecular formula is C12H16N2O3. The SMILES string of the molecule is COc1ccc(-c2nc(C)c(C)n2O)cc1.O. The predicted octanol–water partition coefficient (Wildman–Crippen LogP) is 1.59. The molecule has 1 aromatic carbocycles. The number of methoxy groups -OCH3 is 1. The number of ether oxygens (including phenoxy) is 1. The van der Waals surface area contributed by atoms with Gasteiger partial charge in [0, 0.05) is 5.56 Å². The lowest BCUT2D eigenvalue weighted by Gasteiger charge is -2.03. The van der Waals surface area contributed by atoms with Gasteiger partial charge in [-0.25, -0.2) is 4.98 Å². The van der Waals surface area contributed by atoms with E-state index in [1.165, 1.54) is 0 Å². The van der Waals surface area contributed by atoms with Crippen molar-refractivity contribution in [2.24, 2.45) is 0 Å². The van der Waals surface area contributed by atoms with Crippen LogP contribution in [0.3, 0.4) is 0 Å². The molecule has 0 bridgehead atoms. The molecule has 0 amide bonds. The summed E-state index contributed by atoms with van der Waals surface area (Å²) in [5, 5.41) is 9.82. The van der Waals surface area contributed by atoms with Crippen molar-refractivity contribution in [3.63, 3.8) is 0 Å². The summed E-state index contributed by atoms with van der Waals surface area (Å²) in [7, 11) is 1.62. The van der Waals surface area contributed by atoms with Crippen molar-refractivity contribution < 1.29 is 15.4 Å². The predicted molar refractivity (Wildman–Crippen MR) is 64.5 cm³/mol. The number of aromatic nitrogens is 2. The molecule has 0 fully saturated rings. The number of hydrogen-bond donors (Lipinski definition) is 1. The largest absolute Gasteiger partial charge is 0.497 e. The van der Waals surface area contributed by atoms with E-state index in [-0.39, 0.29) is 5.48 Å². The molecule has 0 spiro atoms. The lowest BCUT2D eigenvalue weighted by atomic mass is 10.2. The monoisotopic (exact) mass is 236 g/mol. The number of imidazole rings is 1. The molecule has 0 saturated heterocycles. The van der Waals surface area contributed by atoms with Crippen molar-refractivity contribution in [1.82, 2.24) is 9.71 Å². The third-order valence-corrected chi connectivity index (χ3v) is 2.66. The Kier molecular flexibility index (Phi) is 3.75. The van der Waals surface area contributed by atoms with Gasteiger partial charge >= 0.3 is 0 Å². The average molecular weight is 236 g/mol. The van der Waals surface area contributed by atoms with Gasteiger partial charge in [0.15, 0.2) is 5.82 Å². The van der Waals surface area contributed by atoms with Crippen LogP contribution in [-0.2, 0) is 0 Å². The van der Waals surface area contributed by atoms with Crippen LogP contribution in [0.15, 0.2) is 24.3 Å². The van der Waals surface area contributed by atoms with Gasteiger partial charge in [0.05, 0.1) is 18.5 Å². The maximum absolute atomic E-state index is 9.82. The molecule has 0 atom stereocenters. The number of hydrogen-bond acceptors (Lipinski definition) is 3. The lowest BCUT2D eigenvalue weighted by Crippen LogP contribution is -1.96. The molecule has 3 N–H and O–H groups in total. The first-order valence-corrected chi connectivity index (χ1v) is 5.03. The van der Waals surface area contributed by atoms with E-state index in [0.717, 1.165) is 27.4 Å². The van der Waals surface area contributed by atoms with E-state index in [1.807, 2.05) is 38.1 Å². The molecule has 2 rings (SSSR count). The van der Waals surface area contributed by atoms with Crippen molar-refractivity contribution >= 4 is 0 Å². The topological polar surface area (TPSA) is 78.8 Å². The zero-order chi connectivity index (χ0) is 11.7. The van der Waals surface area contributed by atoms with Gasteiger partial charge in [0.1, 0.15) is 5.75 Å². The molecule has 0 aliphatic carbocycles. The number of nitrogens with zero attached hydrogens (tertiary/aromatic N) is 2. The van der Waals surface area contributed by atoms with Crippen LogP contribution >= 0.6 is 0 Å². The Balaban J connectivity index is 0.00000144. The third kappa shape index (κ3) is 2.24. The summed E-state index contributed by atoms with van der Waals surface area (Å²) in [5.41, 5.74) is 2.44. The van der Waals surface area contributed by atoms with Gasteiger partial charge in [-0.15, -0.1) is 0 Å². The van der Waals surface area contributed by atoms with Crippen LogP contribution in [0.25, 0.3) is 11.4 Å². The lowest BCUT2D eigenvalue weighted by molar-refractivity contribution is 0.184. The van der Waals surface area contributed by atoms with Gasteiger partial charge in [-0.2, -0.15) is 4.73 Å². The van der Waals surface area contributed by atoms with Crippen molar-refractivity contribution in [2.75, 3.05) is 7.11 Å². The molecule has 5 heteroatoms. The Morgan fingerprint density at radius 2 is 1.76 bits per heavy atom. The molecule has 0 unspecified atom stereocenters. The molecule has 2 aromatic rings. The first-order chi connectivity index (χ1) is 7.63. The Bertz CT molecular complexity index is 503. The van der Waals surface area contributed by atoms with E-state index in [4.69, 9.17) is 4.74 Å². The van der Waals surface area contributed by atoms with E-state index in [1.54, 1.807) is 7.11 Å². The van der Waals surface area contributed by atoms with Crippen molar-refractivity contribution in [1.29, 1.82) is 0 Å². The third-order valence-electron chi connectivity index (χ3n) is 2.66. The fraction of sp³-hybridized carbons (Fsp3) is 0.250. The summed E-state index contributed by atoms with van der Waals surface area (Å²) in [5.74, 6) is 1.34. The van der Waals surface area contributed by atoms with Crippen molar-refractivity contribution in [2.45, 2.75) is 13.8 Å². The summed E-state index contributed by atoms with van der Waals surface area (Å²) in [6.45, 7) is 3.70. The number of aryl methyl sites for hydroxylation is 1. The fourth-order valence-corrected chi connectivity index (χ4v) is 1.53. The summed E-state index contributed by atoms with van der Waals surface area (Å²) < 4.78 is 6.18. The Labute approximate surface area is 99.6 Å². The second kappa shape index (κ2) is 4.88. The van der Waals surface area contributed by atoms with Crippen LogP contribution in [0, 0.1) is 13.8 Å². The molecular weight excluding hydrogens is 220 g/mol. The summed E-state index contributed by atoms with van der Waals surface area (Å²) in [6, 6.07) is 7.42. The Morgan fingerprint density at radius 1 is 1.18 bits per heavy atom. The van der Waals surface area contributed by atoms with Crippen molar-refractivity contribution in [3.05, 3.63) is 35.7 Å². The Hall–Kier alpha value is -2.01. The van der Waals surface area contributed by atoms with Gasteiger partial charge in [0.2, 0.25) is 0 Å². The molecule has 1 aromatic heterocycles. The van der Waals surface area contributed by atoms with Crippen LogP contribution < -0.4 is 4.74 Å². The molecule has 1 heterocycles. The van der Waals surface area contributed by atoms with E-state index in [0.29, 0.717) is 5.82 Å². The van der Waals surface area contributed by atoms with Crippen LogP contribution in [0.1, 0.15) is 11.4 Å². The minimum absolute atomic E-state index is 0. The highest BCUT2D eigenvalue weighted by atomic mass is 16.5. The number of benzene rings is 1. The maximum Gasteiger partial charge on any atom is 0.175 e. The highest BCUT2D eigenvalue weighted by molar-refractivity contribution is 5.57. The van der Waals surface area contributed by atoms with E-state index in [2.05, 4.69) is 4.98 Å². The summed E-state index contributed by atoms with van der Waals surface area (Å²) in [4.78, 5) is 4.31. The van der Waals surface area contributed by atoms with Gasteiger partial charge in [-0.1, -0.05) is 0 Å². The molecule has 0 saturated carbocycles. The minimum Gasteiger partial charge on any atom is -0.497 e. The first-order valence-electron chi connectivity index (χ1n) is 5.03. The number of rotatable bonds is 2. The van der Waals surface area contributed by atoms with Crippen LogP contribution in [0.5, 0.6) is 5.75 Å². The van der Waals surface area contributed by atoms with E-state index < -0.39 is 0 Å². The van der Waals surface area contributed by atoms with Gasteiger partial charge < -0.3 is 15.4 Å². The molecule has 5 nitrogen and oxygen atoms in total. The van der Waals surface area contributed by atoms with E-state index >= 15 is 0 Å². The normalized spacial score (nSPS) is 9.82. The summed E-state index contributed by atoms with van der Waals surface area (Å²) in [6.07, 6.45) is 0. The molecule has 17 heavy (non-hydrogen) atoms. The van der Waals surface area contributed by atoms with Gasteiger partial charge in [-0.3, -0.25) is 0 Å². The molecule has 0 radical (unpaired) electrons. The van der Waals surface area contributed by atoms with Crippen LogP contribution in [0.2, 0.25) is 0 Å². The van der Waals surface area contributed by atoms with Crippen LogP contribution in [-0.4, -0.2) is 27.5 Å². The molecule has 0 aliphatic heterocycles. The maximum atomic E-state index is 9.82. The highest BCUT2D eigenvalue weighted by Gasteiger charge is 2.11. The second-order valence-electron chi connectivity index (χ2n) is 3.65. The highest BCUT2D eigenvalue weighted by Crippen LogP contribution is 2.22. The second-order valence-corrected chi connectivity index (χ2v) is 3.65. The zero-order valence-electron chi connectivity index (χ0n) is 10.1. The summed E-state index contributed by atoms with van der Waals surface area (Å²) >= 11 is 0. The first kappa shape index (κ1) is 13.1. The van der Waals surface area contributed by atoms with Gasteiger partial charge in [-0.05, 0) is 38.1 Å². The van der Waals surface area contributed by atoms with Crippen molar-refractivity contribution in [3.8, 4) is 17.1 Å². The average Bonchev–Trinajstić information content (AvgIpc) is 2.57. The Morgan fingerprint density at radius 3 is 2.18 bits per heavy atom.